The molecule has 0 amide bonds. The molecule has 104 valence electrons. The molecule has 0 fully saturated rings. The molecule has 2 rings (SSSR count). The highest BCUT2D eigenvalue weighted by molar-refractivity contribution is 9.10. The van der Waals surface area contributed by atoms with E-state index in [-0.39, 0.29) is 13.2 Å². The molecule has 3 nitrogen and oxygen atoms in total. The molecule has 1 aromatic heterocycles. The lowest BCUT2D eigenvalue weighted by Gasteiger charge is -2.08. The Morgan fingerprint density at radius 3 is 2.79 bits per heavy atom. The van der Waals surface area contributed by atoms with E-state index in [1.807, 2.05) is 18.2 Å². The number of hydrogen-bond donors (Lipinski definition) is 1. The van der Waals surface area contributed by atoms with Gasteiger partial charge in [-0.3, -0.25) is 0 Å². The van der Waals surface area contributed by atoms with Gasteiger partial charge in [-0.2, -0.15) is 13.2 Å². The highest BCUT2D eigenvalue weighted by Crippen LogP contribution is 2.20. The second-order valence-electron chi connectivity index (χ2n) is 3.91. The van der Waals surface area contributed by atoms with Crippen molar-refractivity contribution in [2.45, 2.75) is 12.7 Å². The zero-order valence-corrected chi connectivity index (χ0v) is 12.0. The van der Waals surface area contributed by atoms with Crippen molar-refractivity contribution in [3.8, 4) is 0 Å². The third kappa shape index (κ3) is 3.80. The summed E-state index contributed by atoms with van der Waals surface area (Å²) in [7, 11) is 0. The van der Waals surface area contributed by atoms with Gasteiger partial charge >= 0.3 is 6.18 Å². The fourth-order valence-corrected chi connectivity index (χ4v) is 2.34. The SMILES string of the molecule is FC(F)(F)COCCn1c(=S)[nH]c2ccc(Br)cc21. The second-order valence-corrected chi connectivity index (χ2v) is 5.21. The first-order valence-electron chi connectivity index (χ1n) is 5.39. The largest absolute Gasteiger partial charge is 0.411 e. The van der Waals surface area contributed by atoms with E-state index in [1.54, 1.807) is 4.57 Å². The predicted octanol–water partition coefficient (Wildman–Crippen LogP) is 4.04. The summed E-state index contributed by atoms with van der Waals surface area (Å²) in [6, 6.07) is 5.56. The molecule has 0 aliphatic heterocycles. The van der Waals surface area contributed by atoms with E-state index in [9.17, 15) is 13.2 Å². The van der Waals surface area contributed by atoms with Crippen LogP contribution in [-0.4, -0.2) is 28.9 Å². The number of halogens is 4. The molecule has 0 aliphatic rings. The van der Waals surface area contributed by atoms with E-state index in [4.69, 9.17) is 12.2 Å². The number of ether oxygens (including phenoxy) is 1. The third-order valence-electron chi connectivity index (χ3n) is 2.46. The molecule has 1 aromatic carbocycles. The maximum absolute atomic E-state index is 11.9. The van der Waals surface area contributed by atoms with E-state index in [0.29, 0.717) is 4.77 Å². The van der Waals surface area contributed by atoms with Crippen molar-refractivity contribution in [3.05, 3.63) is 27.4 Å². The number of benzene rings is 1. The quantitative estimate of drug-likeness (QED) is 0.663. The van der Waals surface area contributed by atoms with E-state index in [2.05, 4.69) is 25.7 Å². The van der Waals surface area contributed by atoms with Crippen molar-refractivity contribution >= 4 is 39.2 Å². The van der Waals surface area contributed by atoms with Crippen molar-refractivity contribution in [1.82, 2.24) is 9.55 Å². The Hall–Kier alpha value is -0.860. The summed E-state index contributed by atoms with van der Waals surface area (Å²) in [5, 5.41) is 0. The minimum absolute atomic E-state index is 0.0483. The topological polar surface area (TPSA) is 29.9 Å². The molecule has 0 radical (unpaired) electrons. The van der Waals surface area contributed by atoms with Gasteiger partial charge in [0.1, 0.15) is 6.61 Å². The Morgan fingerprint density at radius 2 is 2.11 bits per heavy atom. The fourth-order valence-electron chi connectivity index (χ4n) is 1.69. The van der Waals surface area contributed by atoms with Crippen molar-refractivity contribution in [2.75, 3.05) is 13.2 Å². The van der Waals surface area contributed by atoms with Crippen molar-refractivity contribution in [2.24, 2.45) is 0 Å². The first kappa shape index (κ1) is 14.5. The van der Waals surface area contributed by atoms with E-state index < -0.39 is 12.8 Å². The minimum Gasteiger partial charge on any atom is -0.370 e. The number of aromatic amines is 1. The molecule has 19 heavy (non-hydrogen) atoms. The van der Waals surface area contributed by atoms with Crippen LogP contribution in [0.25, 0.3) is 11.0 Å². The van der Waals surface area contributed by atoms with Crippen LogP contribution in [0.15, 0.2) is 22.7 Å². The summed E-state index contributed by atoms with van der Waals surface area (Å²) in [6.07, 6.45) is -4.30. The van der Waals surface area contributed by atoms with Crippen LogP contribution >= 0.6 is 28.1 Å². The maximum Gasteiger partial charge on any atom is 0.411 e. The number of nitrogens with zero attached hydrogens (tertiary/aromatic N) is 1. The first-order valence-corrected chi connectivity index (χ1v) is 6.59. The molecule has 1 heterocycles. The van der Waals surface area contributed by atoms with E-state index in [0.717, 1.165) is 15.5 Å². The summed E-state index contributed by atoms with van der Waals surface area (Å²) in [4.78, 5) is 2.99. The Morgan fingerprint density at radius 1 is 1.37 bits per heavy atom. The molecular formula is C11H10BrF3N2OS. The molecule has 1 N–H and O–H groups in total. The Labute approximate surface area is 120 Å². The molecule has 0 atom stereocenters. The maximum atomic E-state index is 11.9. The van der Waals surface area contributed by atoms with Gasteiger partial charge in [0.15, 0.2) is 4.77 Å². The Balaban J connectivity index is 2.10. The van der Waals surface area contributed by atoms with Crippen LogP contribution in [0.2, 0.25) is 0 Å². The average molecular weight is 355 g/mol. The van der Waals surface area contributed by atoms with Crippen LogP contribution in [-0.2, 0) is 11.3 Å². The van der Waals surface area contributed by atoms with Crippen molar-refractivity contribution < 1.29 is 17.9 Å². The molecular weight excluding hydrogens is 345 g/mol. The van der Waals surface area contributed by atoms with Gasteiger partial charge in [-0.1, -0.05) is 15.9 Å². The Kier molecular flexibility index (Phi) is 4.32. The van der Waals surface area contributed by atoms with Gasteiger partial charge < -0.3 is 14.3 Å². The summed E-state index contributed by atoms with van der Waals surface area (Å²) in [5.41, 5.74) is 1.67. The van der Waals surface area contributed by atoms with E-state index >= 15 is 0 Å². The van der Waals surface area contributed by atoms with Crippen LogP contribution in [0.1, 0.15) is 0 Å². The predicted molar refractivity (Wildman–Crippen MR) is 71.7 cm³/mol. The second kappa shape index (κ2) is 5.64. The number of hydrogen-bond acceptors (Lipinski definition) is 2. The van der Waals surface area contributed by atoms with Crippen LogP contribution in [0.3, 0.4) is 0 Å². The number of fused-ring (bicyclic) bond motifs is 1. The number of rotatable bonds is 4. The number of nitrogens with one attached hydrogen (secondary N) is 1. The van der Waals surface area contributed by atoms with Crippen molar-refractivity contribution in [3.63, 3.8) is 0 Å². The summed E-state index contributed by atoms with van der Waals surface area (Å²) in [6.45, 7) is -1.02. The minimum atomic E-state index is -4.30. The number of alkyl halides is 3. The van der Waals surface area contributed by atoms with Crippen LogP contribution in [0.5, 0.6) is 0 Å². The highest BCUT2D eigenvalue weighted by atomic mass is 79.9. The van der Waals surface area contributed by atoms with Crippen LogP contribution in [0.4, 0.5) is 13.2 Å². The van der Waals surface area contributed by atoms with Gasteiger partial charge in [0, 0.05) is 11.0 Å². The van der Waals surface area contributed by atoms with Gasteiger partial charge in [0.2, 0.25) is 0 Å². The van der Waals surface area contributed by atoms with Gasteiger partial charge in [-0.15, -0.1) is 0 Å². The number of imidazole rings is 1. The van der Waals surface area contributed by atoms with Gasteiger partial charge in [-0.05, 0) is 30.4 Å². The monoisotopic (exact) mass is 354 g/mol. The van der Waals surface area contributed by atoms with Crippen LogP contribution in [0, 0.1) is 4.77 Å². The lowest BCUT2D eigenvalue weighted by Crippen LogP contribution is -2.19. The first-order chi connectivity index (χ1) is 8.87. The van der Waals surface area contributed by atoms with Gasteiger partial charge in [-0.25, -0.2) is 0 Å². The lowest BCUT2D eigenvalue weighted by molar-refractivity contribution is -0.174. The molecule has 0 spiro atoms. The summed E-state index contributed by atoms with van der Waals surface area (Å²) < 4.78 is 43.5. The van der Waals surface area contributed by atoms with Crippen molar-refractivity contribution in [1.29, 1.82) is 0 Å². The third-order valence-corrected chi connectivity index (χ3v) is 3.28. The molecule has 8 heteroatoms. The fraction of sp³-hybridized carbons (Fsp3) is 0.364. The Bertz CT molecular complexity index is 635. The smallest absolute Gasteiger partial charge is 0.370 e. The number of H-pyrrole nitrogens is 1. The molecule has 0 bridgehead atoms. The van der Waals surface area contributed by atoms with E-state index in [1.165, 1.54) is 0 Å². The average Bonchev–Trinajstić information content (AvgIpc) is 2.59. The number of aromatic nitrogens is 2. The summed E-state index contributed by atoms with van der Waals surface area (Å²) in [5.74, 6) is 0. The normalized spacial score (nSPS) is 12.2. The van der Waals surface area contributed by atoms with Crippen LogP contribution < -0.4 is 0 Å². The molecule has 0 unspecified atom stereocenters. The zero-order chi connectivity index (χ0) is 14.0. The standard InChI is InChI=1S/C11H10BrF3N2OS/c12-7-1-2-8-9(5-7)17(10(19)16-8)3-4-18-6-11(13,14)15/h1-2,5H,3-4,6H2,(H,16,19). The molecule has 0 saturated heterocycles. The molecule has 0 saturated carbocycles. The molecule has 2 aromatic rings. The zero-order valence-electron chi connectivity index (χ0n) is 9.63. The molecule has 0 aliphatic carbocycles. The lowest BCUT2D eigenvalue weighted by atomic mass is 10.3. The van der Waals surface area contributed by atoms with Gasteiger partial charge in [0.05, 0.1) is 17.6 Å². The highest BCUT2D eigenvalue weighted by Gasteiger charge is 2.27. The summed E-state index contributed by atoms with van der Waals surface area (Å²) >= 11 is 8.48. The van der Waals surface area contributed by atoms with Gasteiger partial charge in [0.25, 0.3) is 0 Å².